The smallest absolute Gasteiger partial charge is 0.175 e. The van der Waals surface area contributed by atoms with Gasteiger partial charge in [-0.25, -0.2) is 8.42 Å². The standard InChI is InChI=1S/C17H18N4O3S2/c1-21-16-11(10-18-21)5-4-6-13(16)19-17(25)20-14-9-12(26(3,22)23)7-8-15(14)24-2/h4-10H,1-3H3,(H2,19,20,25). The Balaban J connectivity index is 1.89. The zero-order valence-electron chi connectivity index (χ0n) is 14.5. The second-order valence-electron chi connectivity index (χ2n) is 5.72. The van der Waals surface area contributed by atoms with Crippen molar-refractivity contribution in [3.63, 3.8) is 0 Å². The third kappa shape index (κ3) is 3.63. The molecule has 0 saturated carbocycles. The topological polar surface area (TPSA) is 85.2 Å². The van der Waals surface area contributed by atoms with Gasteiger partial charge < -0.3 is 15.4 Å². The molecular formula is C17H18N4O3S2. The van der Waals surface area contributed by atoms with Gasteiger partial charge in [-0.1, -0.05) is 12.1 Å². The first-order valence-corrected chi connectivity index (χ1v) is 9.96. The van der Waals surface area contributed by atoms with E-state index in [1.54, 1.807) is 16.9 Å². The van der Waals surface area contributed by atoms with E-state index >= 15 is 0 Å². The fourth-order valence-electron chi connectivity index (χ4n) is 2.63. The molecule has 0 bridgehead atoms. The molecule has 3 rings (SSSR count). The number of rotatable bonds is 4. The van der Waals surface area contributed by atoms with Gasteiger partial charge in [0.15, 0.2) is 14.9 Å². The van der Waals surface area contributed by atoms with Crippen LogP contribution in [0, 0.1) is 0 Å². The lowest BCUT2D eigenvalue weighted by Gasteiger charge is -2.15. The number of para-hydroxylation sites is 1. The molecule has 1 heterocycles. The first kappa shape index (κ1) is 18.2. The van der Waals surface area contributed by atoms with Crippen LogP contribution in [0.1, 0.15) is 0 Å². The number of sulfone groups is 1. The Kier molecular flexibility index (Phi) is 4.84. The molecule has 0 aliphatic carbocycles. The number of ether oxygens (including phenoxy) is 1. The number of nitrogens with one attached hydrogen (secondary N) is 2. The molecule has 7 nitrogen and oxygen atoms in total. The second-order valence-corrected chi connectivity index (χ2v) is 8.15. The summed E-state index contributed by atoms with van der Waals surface area (Å²) in [7, 11) is 0.0145. The SMILES string of the molecule is COc1ccc(S(C)(=O)=O)cc1NC(=S)Nc1cccc2cnn(C)c12. The van der Waals surface area contributed by atoms with Gasteiger partial charge in [-0.05, 0) is 36.5 Å². The highest BCUT2D eigenvalue weighted by Crippen LogP contribution is 2.28. The fraction of sp³-hybridized carbons (Fsp3) is 0.176. The number of nitrogens with zero attached hydrogens (tertiary/aromatic N) is 2. The third-order valence-electron chi connectivity index (χ3n) is 3.86. The Morgan fingerprint density at radius 2 is 1.92 bits per heavy atom. The van der Waals surface area contributed by atoms with Crippen LogP contribution in [-0.4, -0.2) is 36.7 Å². The summed E-state index contributed by atoms with van der Waals surface area (Å²) in [5.74, 6) is 0.486. The summed E-state index contributed by atoms with van der Waals surface area (Å²) in [5.41, 5.74) is 2.16. The van der Waals surface area contributed by atoms with Gasteiger partial charge in [0.1, 0.15) is 5.75 Å². The van der Waals surface area contributed by atoms with Crippen LogP contribution < -0.4 is 15.4 Å². The van der Waals surface area contributed by atoms with Crippen LogP contribution in [0.4, 0.5) is 11.4 Å². The number of methoxy groups -OCH3 is 1. The second kappa shape index (κ2) is 6.93. The quantitative estimate of drug-likeness (QED) is 0.663. The Hall–Kier alpha value is -2.65. The van der Waals surface area contributed by atoms with Crippen LogP contribution in [0.3, 0.4) is 0 Å². The van der Waals surface area contributed by atoms with Crippen LogP contribution in [-0.2, 0) is 16.9 Å². The molecular weight excluding hydrogens is 372 g/mol. The summed E-state index contributed by atoms with van der Waals surface area (Å²) in [6.07, 6.45) is 2.92. The summed E-state index contributed by atoms with van der Waals surface area (Å²) in [4.78, 5) is 0.178. The minimum Gasteiger partial charge on any atom is -0.495 e. The molecule has 26 heavy (non-hydrogen) atoms. The predicted molar refractivity (Wildman–Crippen MR) is 107 cm³/mol. The molecule has 3 aromatic rings. The van der Waals surface area contributed by atoms with Crippen molar-refractivity contribution in [3.05, 3.63) is 42.6 Å². The number of thiocarbonyl (C=S) groups is 1. The lowest BCUT2D eigenvalue weighted by molar-refractivity contribution is 0.416. The van der Waals surface area contributed by atoms with E-state index in [4.69, 9.17) is 17.0 Å². The molecule has 0 aliphatic rings. The van der Waals surface area contributed by atoms with Gasteiger partial charge in [0, 0.05) is 18.7 Å². The summed E-state index contributed by atoms with van der Waals surface area (Å²) < 4.78 is 30.6. The minimum atomic E-state index is -3.34. The summed E-state index contributed by atoms with van der Waals surface area (Å²) in [5, 5.41) is 11.7. The number of benzene rings is 2. The molecule has 0 atom stereocenters. The summed E-state index contributed by atoms with van der Waals surface area (Å²) in [6, 6.07) is 10.3. The van der Waals surface area contributed by atoms with Gasteiger partial charge in [-0.15, -0.1) is 0 Å². The molecule has 0 fully saturated rings. The van der Waals surface area contributed by atoms with Crippen LogP contribution in [0.2, 0.25) is 0 Å². The average Bonchev–Trinajstić information content (AvgIpc) is 2.96. The zero-order valence-corrected chi connectivity index (χ0v) is 16.1. The third-order valence-corrected chi connectivity index (χ3v) is 5.17. The van der Waals surface area contributed by atoms with Crippen LogP contribution >= 0.6 is 12.2 Å². The van der Waals surface area contributed by atoms with Gasteiger partial charge in [-0.3, -0.25) is 4.68 Å². The highest BCUT2D eigenvalue weighted by molar-refractivity contribution is 7.90. The minimum absolute atomic E-state index is 0.178. The lowest BCUT2D eigenvalue weighted by Crippen LogP contribution is -2.20. The number of hydrogen-bond acceptors (Lipinski definition) is 5. The molecule has 2 aromatic carbocycles. The van der Waals surface area contributed by atoms with Gasteiger partial charge in [0.05, 0.1) is 35.1 Å². The fourth-order valence-corrected chi connectivity index (χ4v) is 3.49. The first-order valence-electron chi connectivity index (χ1n) is 7.66. The Labute approximate surface area is 156 Å². The van der Waals surface area contributed by atoms with Crippen molar-refractivity contribution in [1.29, 1.82) is 0 Å². The molecule has 0 unspecified atom stereocenters. The monoisotopic (exact) mass is 390 g/mol. The number of hydrogen-bond donors (Lipinski definition) is 2. The summed E-state index contributed by atoms with van der Waals surface area (Å²) >= 11 is 5.39. The number of aromatic nitrogens is 2. The van der Waals surface area contributed by atoms with Gasteiger partial charge in [0.2, 0.25) is 0 Å². The molecule has 0 aliphatic heterocycles. The van der Waals surface area contributed by atoms with Crippen molar-refractivity contribution in [2.75, 3.05) is 24.0 Å². The van der Waals surface area contributed by atoms with Gasteiger partial charge in [0.25, 0.3) is 0 Å². The average molecular weight is 390 g/mol. The zero-order chi connectivity index (χ0) is 18.9. The van der Waals surface area contributed by atoms with E-state index in [0.717, 1.165) is 22.8 Å². The number of anilines is 2. The Morgan fingerprint density at radius 1 is 1.19 bits per heavy atom. The largest absolute Gasteiger partial charge is 0.495 e. The van der Waals surface area contributed by atoms with E-state index in [1.165, 1.54) is 19.2 Å². The highest BCUT2D eigenvalue weighted by atomic mass is 32.2. The molecule has 0 spiro atoms. The maximum Gasteiger partial charge on any atom is 0.175 e. The van der Waals surface area contributed by atoms with Crippen molar-refractivity contribution < 1.29 is 13.2 Å². The Bertz CT molecular complexity index is 1090. The van der Waals surface area contributed by atoms with Crippen molar-refractivity contribution in [3.8, 4) is 5.75 Å². The number of aryl methyl sites for hydroxylation is 1. The Morgan fingerprint density at radius 3 is 2.62 bits per heavy atom. The first-order chi connectivity index (χ1) is 12.3. The van der Waals surface area contributed by atoms with E-state index in [0.29, 0.717) is 16.5 Å². The van der Waals surface area contributed by atoms with Crippen molar-refractivity contribution in [2.24, 2.45) is 7.05 Å². The molecule has 0 saturated heterocycles. The van der Waals surface area contributed by atoms with Gasteiger partial charge in [-0.2, -0.15) is 5.10 Å². The number of fused-ring (bicyclic) bond motifs is 1. The maximum atomic E-state index is 11.8. The van der Waals surface area contributed by atoms with Crippen molar-refractivity contribution >= 4 is 49.4 Å². The molecule has 9 heteroatoms. The van der Waals surface area contributed by atoms with E-state index in [-0.39, 0.29) is 4.90 Å². The highest BCUT2D eigenvalue weighted by Gasteiger charge is 2.13. The molecule has 2 N–H and O–H groups in total. The van der Waals surface area contributed by atoms with Gasteiger partial charge >= 0.3 is 0 Å². The van der Waals surface area contributed by atoms with Crippen molar-refractivity contribution in [2.45, 2.75) is 4.90 Å². The predicted octanol–water partition coefficient (Wildman–Crippen LogP) is 2.79. The van der Waals surface area contributed by atoms with Crippen LogP contribution in [0.25, 0.3) is 10.9 Å². The maximum absolute atomic E-state index is 11.8. The lowest BCUT2D eigenvalue weighted by atomic mass is 10.2. The van der Waals surface area contributed by atoms with E-state index < -0.39 is 9.84 Å². The molecule has 1 aromatic heterocycles. The van der Waals surface area contributed by atoms with Crippen molar-refractivity contribution in [1.82, 2.24) is 9.78 Å². The normalized spacial score (nSPS) is 11.3. The van der Waals surface area contributed by atoms with E-state index in [9.17, 15) is 8.42 Å². The molecule has 0 amide bonds. The molecule has 0 radical (unpaired) electrons. The van der Waals surface area contributed by atoms with Crippen LogP contribution in [0.5, 0.6) is 5.75 Å². The van der Waals surface area contributed by atoms with Crippen LogP contribution in [0.15, 0.2) is 47.5 Å². The molecule has 136 valence electrons. The summed E-state index contributed by atoms with van der Waals surface area (Å²) in [6.45, 7) is 0. The van der Waals surface area contributed by atoms with E-state index in [1.807, 2.05) is 25.2 Å². The van der Waals surface area contributed by atoms with E-state index in [2.05, 4.69) is 15.7 Å².